The molecule has 1 aromatic carbocycles. The zero-order valence-corrected chi connectivity index (χ0v) is 9.83. The number of rotatable bonds is 3. The van der Waals surface area contributed by atoms with Crippen molar-refractivity contribution in [1.82, 2.24) is 5.32 Å². The molecule has 0 bridgehead atoms. The molecule has 2 unspecified atom stereocenters. The maximum atomic E-state index is 12.4. The van der Waals surface area contributed by atoms with Gasteiger partial charge in [0.2, 0.25) is 0 Å². The summed E-state index contributed by atoms with van der Waals surface area (Å²) in [5, 5.41) is 3.23. The minimum absolute atomic E-state index is 0.0212. The van der Waals surface area contributed by atoms with Crippen LogP contribution in [-0.4, -0.2) is 19.7 Å². The first-order valence-electron chi connectivity index (χ1n) is 5.87. The highest BCUT2D eigenvalue weighted by atomic mass is 19.3. The molecule has 0 saturated carbocycles. The number of nitrogens with one attached hydrogen (secondary N) is 1. The van der Waals surface area contributed by atoms with Crippen molar-refractivity contribution in [3.8, 4) is 0 Å². The first-order valence-corrected chi connectivity index (χ1v) is 5.87. The minimum atomic E-state index is -2.40. The summed E-state index contributed by atoms with van der Waals surface area (Å²) in [5.74, 6) is 0. The molecule has 2 nitrogen and oxygen atoms in total. The molecule has 1 heterocycles. The zero-order chi connectivity index (χ0) is 12.3. The fourth-order valence-electron chi connectivity index (χ4n) is 2.15. The van der Waals surface area contributed by atoms with Gasteiger partial charge in [-0.1, -0.05) is 24.3 Å². The number of benzene rings is 1. The Balaban J connectivity index is 2.06. The first kappa shape index (κ1) is 12.5. The van der Waals surface area contributed by atoms with Crippen molar-refractivity contribution in [1.29, 1.82) is 0 Å². The molecule has 0 spiro atoms. The van der Waals surface area contributed by atoms with Crippen LogP contribution in [0.5, 0.6) is 0 Å². The molecule has 0 aromatic heterocycles. The fraction of sp³-hybridized carbons (Fsp3) is 0.538. The maximum Gasteiger partial charge on any atom is 0.263 e. The topological polar surface area (TPSA) is 21.3 Å². The van der Waals surface area contributed by atoms with E-state index in [0.717, 1.165) is 18.4 Å². The third-order valence-corrected chi connectivity index (χ3v) is 3.25. The molecule has 0 aliphatic carbocycles. The molecule has 1 fully saturated rings. The van der Waals surface area contributed by atoms with Crippen LogP contribution in [0, 0.1) is 0 Å². The van der Waals surface area contributed by atoms with E-state index in [1.165, 1.54) is 12.1 Å². The lowest BCUT2D eigenvalue weighted by atomic mass is 9.97. The first-order chi connectivity index (χ1) is 8.20. The average Bonchev–Trinajstić information content (AvgIpc) is 2.39. The Morgan fingerprint density at radius 2 is 2.00 bits per heavy atom. The summed E-state index contributed by atoms with van der Waals surface area (Å²) in [5.41, 5.74) is 1.05. The van der Waals surface area contributed by atoms with Crippen LogP contribution in [0.15, 0.2) is 24.3 Å². The Kier molecular flexibility index (Phi) is 4.07. The van der Waals surface area contributed by atoms with Gasteiger partial charge in [0.25, 0.3) is 6.43 Å². The van der Waals surface area contributed by atoms with Crippen LogP contribution in [0.2, 0.25) is 0 Å². The van der Waals surface area contributed by atoms with E-state index in [-0.39, 0.29) is 11.7 Å². The van der Waals surface area contributed by atoms with E-state index in [4.69, 9.17) is 4.74 Å². The second kappa shape index (κ2) is 5.56. The fourth-order valence-corrected chi connectivity index (χ4v) is 2.15. The summed E-state index contributed by atoms with van der Waals surface area (Å²) in [6.45, 7) is 0.715. The Morgan fingerprint density at radius 1 is 1.29 bits per heavy atom. The molecule has 1 N–H and O–H groups in total. The Hall–Kier alpha value is -1.00. The number of halogens is 2. The van der Waals surface area contributed by atoms with E-state index in [2.05, 4.69) is 5.32 Å². The van der Waals surface area contributed by atoms with E-state index in [1.807, 2.05) is 7.05 Å². The van der Waals surface area contributed by atoms with Crippen LogP contribution >= 0.6 is 0 Å². The summed E-state index contributed by atoms with van der Waals surface area (Å²) in [4.78, 5) is 0. The van der Waals surface area contributed by atoms with Crippen molar-refractivity contribution in [3.05, 3.63) is 35.4 Å². The molecule has 2 atom stereocenters. The number of hydrogen-bond donors (Lipinski definition) is 1. The van der Waals surface area contributed by atoms with E-state index in [0.29, 0.717) is 12.6 Å². The van der Waals surface area contributed by atoms with Gasteiger partial charge in [-0.3, -0.25) is 0 Å². The van der Waals surface area contributed by atoms with Gasteiger partial charge >= 0.3 is 0 Å². The summed E-state index contributed by atoms with van der Waals surface area (Å²) in [6.07, 6.45) is -0.485. The number of alkyl halides is 2. The van der Waals surface area contributed by atoms with Crippen molar-refractivity contribution in [2.45, 2.75) is 31.4 Å². The second-order valence-corrected chi connectivity index (χ2v) is 4.34. The number of ether oxygens (including phenoxy) is 1. The summed E-state index contributed by atoms with van der Waals surface area (Å²) in [6, 6.07) is 6.89. The lowest BCUT2D eigenvalue weighted by molar-refractivity contribution is 0.00150. The third kappa shape index (κ3) is 3.01. The highest BCUT2D eigenvalue weighted by Gasteiger charge is 2.22. The van der Waals surface area contributed by atoms with Gasteiger partial charge < -0.3 is 10.1 Å². The predicted molar refractivity (Wildman–Crippen MR) is 62.2 cm³/mol. The highest BCUT2D eigenvalue weighted by Crippen LogP contribution is 2.29. The van der Waals surface area contributed by atoms with Crippen LogP contribution < -0.4 is 5.32 Å². The predicted octanol–water partition coefficient (Wildman–Crippen LogP) is 3.06. The summed E-state index contributed by atoms with van der Waals surface area (Å²) in [7, 11) is 1.94. The molecule has 0 radical (unpaired) electrons. The zero-order valence-electron chi connectivity index (χ0n) is 9.83. The Labute approximate surface area is 100.0 Å². The van der Waals surface area contributed by atoms with Crippen LogP contribution in [0.3, 0.4) is 0 Å². The molecular formula is C13H17F2NO. The quantitative estimate of drug-likeness (QED) is 0.878. The Morgan fingerprint density at radius 3 is 2.59 bits per heavy atom. The second-order valence-electron chi connectivity index (χ2n) is 4.34. The molecule has 1 aliphatic rings. The lowest BCUT2D eigenvalue weighted by Crippen LogP contribution is -2.33. The molecule has 17 heavy (non-hydrogen) atoms. The third-order valence-electron chi connectivity index (χ3n) is 3.25. The normalized spacial score (nSPS) is 25.2. The SMILES string of the molecule is CNC1CCOC(c2ccc(C(F)F)cc2)C1. The van der Waals surface area contributed by atoms with Gasteiger partial charge in [-0.2, -0.15) is 0 Å². The van der Waals surface area contributed by atoms with Gasteiger partial charge in [-0.25, -0.2) is 8.78 Å². The maximum absolute atomic E-state index is 12.4. The minimum Gasteiger partial charge on any atom is -0.373 e. The number of hydrogen-bond acceptors (Lipinski definition) is 2. The molecule has 1 aromatic rings. The van der Waals surface area contributed by atoms with Crippen molar-refractivity contribution < 1.29 is 13.5 Å². The van der Waals surface area contributed by atoms with Gasteiger partial charge in [-0.05, 0) is 25.5 Å². The van der Waals surface area contributed by atoms with Crippen LogP contribution in [0.4, 0.5) is 8.78 Å². The highest BCUT2D eigenvalue weighted by molar-refractivity contribution is 5.25. The van der Waals surface area contributed by atoms with Gasteiger partial charge in [0, 0.05) is 18.2 Å². The summed E-state index contributed by atoms with van der Waals surface area (Å²) < 4.78 is 30.5. The molecule has 0 amide bonds. The van der Waals surface area contributed by atoms with Gasteiger partial charge in [-0.15, -0.1) is 0 Å². The van der Waals surface area contributed by atoms with Crippen LogP contribution in [0.1, 0.15) is 36.5 Å². The van der Waals surface area contributed by atoms with Crippen molar-refractivity contribution >= 4 is 0 Å². The van der Waals surface area contributed by atoms with E-state index < -0.39 is 6.43 Å². The average molecular weight is 241 g/mol. The van der Waals surface area contributed by atoms with Gasteiger partial charge in [0.05, 0.1) is 6.10 Å². The molecule has 2 rings (SSSR count). The monoisotopic (exact) mass is 241 g/mol. The molecule has 94 valence electrons. The summed E-state index contributed by atoms with van der Waals surface area (Å²) >= 11 is 0. The standard InChI is InChI=1S/C13H17F2NO/c1-16-11-6-7-17-12(8-11)9-2-4-10(5-3-9)13(14)15/h2-5,11-13,16H,6-8H2,1H3. The molecule has 1 aliphatic heterocycles. The van der Waals surface area contributed by atoms with Crippen molar-refractivity contribution in [2.24, 2.45) is 0 Å². The molecule has 4 heteroatoms. The van der Waals surface area contributed by atoms with E-state index in [9.17, 15) is 8.78 Å². The van der Waals surface area contributed by atoms with E-state index >= 15 is 0 Å². The molecular weight excluding hydrogens is 224 g/mol. The smallest absolute Gasteiger partial charge is 0.263 e. The Bertz CT molecular complexity index is 353. The largest absolute Gasteiger partial charge is 0.373 e. The molecule has 1 saturated heterocycles. The van der Waals surface area contributed by atoms with Crippen molar-refractivity contribution in [2.75, 3.05) is 13.7 Å². The van der Waals surface area contributed by atoms with E-state index in [1.54, 1.807) is 12.1 Å². The lowest BCUT2D eigenvalue weighted by Gasteiger charge is -2.29. The van der Waals surface area contributed by atoms with Crippen LogP contribution in [-0.2, 0) is 4.74 Å². The van der Waals surface area contributed by atoms with Crippen LogP contribution in [0.25, 0.3) is 0 Å². The van der Waals surface area contributed by atoms with Gasteiger partial charge in [0.1, 0.15) is 0 Å². The van der Waals surface area contributed by atoms with Crippen molar-refractivity contribution in [3.63, 3.8) is 0 Å². The van der Waals surface area contributed by atoms with Gasteiger partial charge in [0.15, 0.2) is 0 Å².